The van der Waals surface area contributed by atoms with E-state index in [9.17, 15) is 4.79 Å². The van der Waals surface area contributed by atoms with Crippen molar-refractivity contribution in [3.63, 3.8) is 0 Å². The largest absolute Gasteiger partial charge is 0.373 e. The van der Waals surface area contributed by atoms with Crippen LogP contribution in [0.1, 0.15) is 35.2 Å². The van der Waals surface area contributed by atoms with E-state index >= 15 is 0 Å². The Morgan fingerprint density at radius 1 is 1.15 bits per heavy atom. The summed E-state index contributed by atoms with van der Waals surface area (Å²) in [5, 5.41) is 0. The molecule has 0 radical (unpaired) electrons. The van der Waals surface area contributed by atoms with Crippen LogP contribution in [-0.2, 0) is 4.74 Å². The summed E-state index contributed by atoms with van der Waals surface area (Å²) >= 11 is 0. The normalized spacial score (nSPS) is 27.2. The SMILES string of the molecule is Cc1cncc(C(=O)N2CCC3(CC2)CC(N2CCN(C)CC2)CO3)c1. The van der Waals surface area contributed by atoms with Crippen LogP contribution in [0.15, 0.2) is 18.5 Å². The fraction of sp³-hybridized carbons (Fsp3) is 0.700. The number of carbonyl (C=O) groups is 1. The number of aryl methyl sites for hydroxylation is 1. The number of piperidine rings is 1. The molecule has 6 nitrogen and oxygen atoms in total. The van der Waals surface area contributed by atoms with Gasteiger partial charge in [0.1, 0.15) is 0 Å². The highest BCUT2D eigenvalue weighted by molar-refractivity contribution is 5.94. The van der Waals surface area contributed by atoms with Gasteiger partial charge in [-0.1, -0.05) is 0 Å². The van der Waals surface area contributed by atoms with Crippen molar-refractivity contribution in [3.8, 4) is 0 Å². The zero-order chi connectivity index (χ0) is 18.1. The zero-order valence-electron chi connectivity index (χ0n) is 16.0. The zero-order valence-corrected chi connectivity index (χ0v) is 16.0. The highest BCUT2D eigenvalue weighted by Crippen LogP contribution is 2.38. The highest BCUT2D eigenvalue weighted by atomic mass is 16.5. The minimum atomic E-state index is -0.0182. The quantitative estimate of drug-likeness (QED) is 0.800. The van der Waals surface area contributed by atoms with Crippen LogP contribution in [0.25, 0.3) is 0 Å². The van der Waals surface area contributed by atoms with Crippen molar-refractivity contribution in [2.45, 2.75) is 37.8 Å². The number of hydrogen-bond donors (Lipinski definition) is 0. The van der Waals surface area contributed by atoms with E-state index in [4.69, 9.17) is 4.74 Å². The van der Waals surface area contributed by atoms with Crippen molar-refractivity contribution in [1.29, 1.82) is 0 Å². The molecule has 0 bridgehead atoms. The lowest BCUT2D eigenvalue weighted by molar-refractivity contribution is -0.0395. The number of pyridine rings is 1. The van der Waals surface area contributed by atoms with Crippen LogP contribution in [0.2, 0.25) is 0 Å². The Labute approximate surface area is 156 Å². The van der Waals surface area contributed by atoms with Crippen molar-refractivity contribution in [3.05, 3.63) is 29.6 Å². The van der Waals surface area contributed by atoms with Crippen molar-refractivity contribution in [2.24, 2.45) is 0 Å². The maximum absolute atomic E-state index is 12.7. The van der Waals surface area contributed by atoms with Crippen molar-refractivity contribution in [1.82, 2.24) is 19.7 Å². The minimum absolute atomic E-state index is 0.0182. The van der Waals surface area contributed by atoms with Crippen LogP contribution >= 0.6 is 0 Å². The van der Waals surface area contributed by atoms with Crippen LogP contribution < -0.4 is 0 Å². The van der Waals surface area contributed by atoms with Gasteiger partial charge in [0.25, 0.3) is 5.91 Å². The molecule has 1 aromatic heterocycles. The molecule has 6 heteroatoms. The number of rotatable bonds is 2. The molecule has 1 atom stereocenters. The highest BCUT2D eigenvalue weighted by Gasteiger charge is 2.45. The first kappa shape index (κ1) is 17.9. The Kier molecular flexibility index (Phi) is 4.99. The third-order valence-corrected chi connectivity index (χ3v) is 6.33. The second kappa shape index (κ2) is 7.25. The molecule has 1 unspecified atom stereocenters. The minimum Gasteiger partial charge on any atom is -0.373 e. The number of likely N-dealkylation sites (tertiary alicyclic amines) is 1. The first-order valence-corrected chi connectivity index (χ1v) is 9.82. The molecule has 1 spiro atoms. The summed E-state index contributed by atoms with van der Waals surface area (Å²) in [6, 6.07) is 2.47. The maximum atomic E-state index is 12.7. The third-order valence-electron chi connectivity index (χ3n) is 6.33. The predicted octanol–water partition coefficient (Wildman–Crippen LogP) is 1.40. The van der Waals surface area contributed by atoms with Gasteiger partial charge < -0.3 is 14.5 Å². The summed E-state index contributed by atoms with van der Waals surface area (Å²) in [6.07, 6.45) is 6.47. The second-order valence-electron chi connectivity index (χ2n) is 8.23. The van der Waals surface area contributed by atoms with Crippen molar-refractivity contribution >= 4 is 5.91 Å². The summed E-state index contributed by atoms with van der Waals surface area (Å²) in [4.78, 5) is 23.9. The number of carbonyl (C=O) groups excluding carboxylic acids is 1. The van der Waals surface area contributed by atoms with Gasteiger partial charge in [-0.2, -0.15) is 0 Å². The lowest BCUT2D eigenvalue weighted by Gasteiger charge is -2.40. The molecule has 0 saturated carbocycles. The fourth-order valence-corrected chi connectivity index (χ4v) is 4.56. The van der Waals surface area contributed by atoms with Crippen molar-refractivity contribution in [2.75, 3.05) is 52.9 Å². The topological polar surface area (TPSA) is 48.9 Å². The number of ether oxygens (including phenoxy) is 1. The predicted molar refractivity (Wildman–Crippen MR) is 100 cm³/mol. The number of amides is 1. The molecular formula is C20H30N4O2. The first-order valence-electron chi connectivity index (χ1n) is 9.82. The van der Waals surface area contributed by atoms with Gasteiger partial charge in [-0.3, -0.25) is 14.7 Å². The Morgan fingerprint density at radius 3 is 2.58 bits per heavy atom. The summed E-state index contributed by atoms with van der Waals surface area (Å²) < 4.78 is 6.32. The second-order valence-corrected chi connectivity index (χ2v) is 8.23. The molecule has 3 aliphatic rings. The molecule has 0 N–H and O–H groups in total. The van der Waals surface area contributed by atoms with Gasteiger partial charge >= 0.3 is 0 Å². The lowest BCUT2D eigenvalue weighted by atomic mass is 9.86. The monoisotopic (exact) mass is 358 g/mol. The van der Waals surface area contributed by atoms with E-state index < -0.39 is 0 Å². The number of aromatic nitrogens is 1. The Bertz CT molecular complexity index is 649. The van der Waals surface area contributed by atoms with Crippen LogP contribution in [-0.4, -0.2) is 90.2 Å². The molecule has 1 amide bonds. The molecule has 4 heterocycles. The van der Waals surface area contributed by atoms with Crippen LogP contribution in [0.5, 0.6) is 0 Å². The molecule has 3 saturated heterocycles. The number of nitrogens with zero attached hydrogens (tertiary/aromatic N) is 4. The molecule has 4 rings (SSSR count). The molecule has 0 aromatic carbocycles. The fourth-order valence-electron chi connectivity index (χ4n) is 4.56. The van der Waals surface area contributed by atoms with Crippen LogP contribution in [0.4, 0.5) is 0 Å². The van der Waals surface area contributed by atoms with E-state index in [-0.39, 0.29) is 11.5 Å². The molecule has 142 valence electrons. The standard InChI is InChI=1S/C20H30N4O2/c1-16-11-17(14-21-13-16)19(25)24-5-3-20(4-6-24)12-18(15-26-20)23-9-7-22(2)8-10-23/h11,13-14,18H,3-10,12,15H2,1-2H3. The van der Waals surface area contributed by atoms with E-state index in [0.717, 1.165) is 70.7 Å². The average Bonchev–Trinajstić information content (AvgIpc) is 3.06. The van der Waals surface area contributed by atoms with Gasteiger partial charge in [0.2, 0.25) is 0 Å². The van der Waals surface area contributed by atoms with E-state index in [1.54, 1.807) is 12.4 Å². The lowest BCUT2D eigenvalue weighted by Crippen LogP contribution is -2.50. The van der Waals surface area contributed by atoms with Crippen molar-refractivity contribution < 1.29 is 9.53 Å². The average molecular weight is 358 g/mol. The number of piperazine rings is 1. The van der Waals surface area contributed by atoms with Crippen LogP contribution in [0, 0.1) is 6.92 Å². The summed E-state index contributed by atoms with van der Waals surface area (Å²) in [5.74, 6) is 0.102. The Morgan fingerprint density at radius 2 is 1.88 bits per heavy atom. The number of likely N-dealkylation sites (N-methyl/N-ethyl adjacent to an activating group) is 1. The van der Waals surface area contributed by atoms with Gasteiger partial charge in [-0.25, -0.2) is 0 Å². The molecule has 0 aliphatic carbocycles. The third kappa shape index (κ3) is 3.63. The van der Waals surface area contributed by atoms with E-state index in [1.807, 2.05) is 17.9 Å². The van der Waals surface area contributed by atoms with Gasteiger partial charge in [-0.05, 0) is 44.9 Å². The Hall–Kier alpha value is -1.50. The maximum Gasteiger partial charge on any atom is 0.255 e. The molecular weight excluding hydrogens is 328 g/mol. The summed E-state index contributed by atoms with van der Waals surface area (Å²) in [5.41, 5.74) is 1.71. The summed E-state index contributed by atoms with van der Waals surface area (Å²) in [6.45, 7) is 8.97. The van der Waals surface area contributed by atoms with Gasteiger partial charge in [0.15, 0.2) is 0 Å². The van der Waals surface area contributed by atoms with Gasteiger partial charge in [0, 0.05) is 57.7 Å². The van der Waals surface area contributed by atoms with Gasteiger partial charge in [0.05, 0.1) is 17.8 Å². The Balaban J connectivity index is 1.33. The number of hydrogen-bond acceptors (Lipinski definition) is 5. The summed E-state index contributed by atoms with van der Waals surface area (Å²) in [7, 11) is 2.19. The smallest absolute Gasteiger partial charge is 0.255 e. The molecule has 3 aliphatic heterocycles. The van der Waals surface area contributed by atoms with E-state index in [0.29, 0.717) is 11.6 Å². The van der Waals surface area contributed by atoms with E-state index in [2.05, 4.69) is 21.8 Å². The molecule has 3 fully saturated rings. The first-order chi connectivity index (χ1) is 12.5. The van der Waals surface area contributed by atoms with E-state index in [1.165, 1.54) is 0 Å². The molecule has 26 heavy (non-hydrogen) atoms. The van der Waals surface area contributed by atoms with Gasteiger partial charge in [-0.15, -0.1) is 0 Å². The molecule has 1 aromatic rings. The van der Waals surface area contributed by atoms with Crippen LogP contribution in [0.3, 0.4) is 0 Å².